The van der Waals surface area contributed by atoms with Crippen LogP contribution in [-0.4, -0.2) is 36.2 Å². The Hall–Kier alpha value is -2.01. The van der Waals surface area contributed by atoms with Crippen LogP contribution in [0.25, 0.3) is 0 Å². The molecule has 0 aliphatic heterocycles. The van der Waals surface area contributed by atoms with Gasteiger partial charge in [0, 0.05) is 17.6 Å². The van der Waals surface area contributed by atoms with Crippen LogP contribution in [0.15, 0.2) is 28.8 Å². The van der Waals surface area contributed by atoms with Crippen molar-refractivity contribution in [2.45, 2.75) is 20.3 Å². The molecule has 0 fully saturated rings. The van der Waals surface area contributed by atoms with Crippen molar-refractivity contribution in [1.82, 2.24) is 10.1 Å². The Morgan fingerprint density at radius 3 is 2.59 bits per heavy atom. The maximum Gasteiger partial charge on any atom is 0.227 e. The average molecular weight is 323 g/mol. The minimum Gasteiger partial charge on any atom is -0.492 e. The summed E-state index contributed by atoms with van der Waals surface area (Å²) in [6, 6.07) is 7.13. The van der Waals surface area contributed by atoms with Crippen LogP contribution in [0, 0.1) is 13.8 Å². The number of halogens is 1. The summed E-state index contributed by atoms with van der Waals surface area (Å²) in [7, 11) is 1.76. The summed E-state index contributed by atoms with van der Waals surface area (Å²) in [5, 5.41) is 4.52. The van der Waals surface area contributed by atoms with E-state index in [-0.39, 0.29) is 5.91 Å². The molecule has 5 nitrogen and oxygen atoms in total. The van der Waals surface area contributed by atoms with Crippen molar-refractivity contribution >= 4 is 17.5 Å². The molecule has 0 bridgehead atoms. The first-order valence-electron chi connectivity index (χ1n) is 7.01. The van der Waals surface area contributed by atoms with Gasteiger partial charge in [-0.3, -0.25) is 4.79 Å². The molecule has 118 valence electrons. The first kappa shape index (κ1) is 16.4. The fourth-order valence-electron chi connectivity index (χ4n) is 2.00. The third kappa shape index (κ3) is 4.24. The average Bonchev–Trinajstić information content (AvgIpc) is 2.81. The normalized spacial score (nSPS) is 10.5. The summed E-state index contributed by atoms with van der Waals surface area (Å²) in [5.74, 6) is 1.43. The van der Waals surface area contributed by atoms with E-state index in [1.807, 2.05) is 13.8 Å². The number of likely N-dealkylation sites (N-methyl/N-ethyl adjacent to an activating group) is 1. The third-order valence-electron chi connectivity index (χ3n) is 3.44. The fourth-order valence-corrected chi connectivity index (χ4v) is 2.12. The molecule has 0 aliphatic carbocycles. The van der Waals surface area contributed by atoms with Gasteiger partial charge in [0.25, 0.3) is 0 Å². The molecule has 1 aromatic carbocycles. The summed E-state index contributed by atoms with van der Waals surface area (Å²) >= 11 is 5.81. The van der Waals surface area contributed by atoms with Gasteiger partial charge in [0.2, 0.25) is 5.91 Å². The van der Waals surface area contributed by atoms with Crippen molar-refractivity contribution in [2.24, 2.45) is 0 Å². The lowest BCUT2D eigenvalue weighted by atomic mass is 10.1. The van der Waals surface area contributed by atoms with Gasteiger partial charge < -0.3 is 14.2 Å². The zero-order valence-corrected chi connectivity index (χ0v) is 13.7. The van der Waals surface area contributed by atoms with Crippen LogP contribution in [0.3, 0.4) is 0 Å². The monoisotopic (exact) mass is 322 g/mol. The number of hydrogen-bond donors (Lipinski definition) is 0. The van der Waals surface area contributed by atoms with Crippen molar-refractivity contribution in [2.75, 3.05) is 20.2 Å². The molecule has 6 heteroatoms. The van der Waals surface area contributed by atoms with Crippen molar-refractivity contribution in [3.05, 3.63) is 46.3 Å². The highest BCUT2D eigenvalue weighted by atomic mass is 35.5. The molecule has 0 aliphatic rings. The maximum atomic E-state index is 12.2. The second-order valence-electron chi connectivity index (χ2n) is 5.10. The lowest BCUT2D eigenvalue weighted by molar-refractivity contribution is -0.129. The molecule has 0 saturated heterocycles. The molecule has 0 spiro atoms. The van der Waals surface area contributed by atoms with Crippen molar-refractivity contribution in [3.63, 3.8) is 0 Å². The molecule has 2 aromatic rings. The van der Waals surface area contributed by atoms with Crippen molar-refractivity contribution < 1.29 is 14.1 Å². The molecule has 0 saturated carbocycles. The van der Waals surface area contributed by atoms with E-state index in [4.69, 9.17) is 20.9 Å². The van der Waals surface area contributed by atoms with E-state index in [1.165, 1.54) is 0 Å². The van der Waals surface area contributed by atoms with E-state index in [9.17, 15) is 4.79 Å². The number of ether oxygens (including phenoxy) is 1. The standard InChI is InChI=1S/C16H19ClN2O3/c1-11-15(12(2)22-18-11)10-16(20)19(3)8-9-21-14-6-4-13(17)5-7-14/h4-7H,8-10H2,1-3H3. The lowest BCUT2D eigenvalue weighted by Gasteiger charge is -2.17. The molecule has 2 rings (SSSR count). The summed E-state index contributed by atoms with van der Waals surface area (Å²) in [6.45, 7) is 4.57. The number of benzene rings is 1. The minimum absolute atomic E-state index is 0.00843. The first-order chi connectivity index (χ1) is 10.5. The zero-order chi connectivity index (χ0) is 16.1. The van der Waals surface area contributed by atoms with E-state index in [2.05, 4.69) is 5.16 Å². The van der Waals surface area contributed by atoms with Crippen molar-refractivity contribution in [3.8, 4) is 5.75 Å². The largest absolute Gasteiger partial charge is 0.492 e. The zero-order valence-electron chi connectivity index (χ0n) is 12.9. The van der Waals surface area contributed by atoms with Crippen LogP contribution in [0.4, 0.5) is 0 Å². The van der Waals surface area contributed by atoms with Crippen LogP contribution in [0.2, 0.25) is 5.02 Å². The number of aromatic nitrogens is 1. The SMILES string of the molecule is Cc1noc(C)c1CC(=O)N(C)CCOc1ccc(Cl)cc1. The Morgan fingerprint density at radius 2 is 2.00 bits per heavy atom. The minimum atomic E-state index is 0.00843. The van der Waals surface area contributed by atoms with E-state index in [0.29, 0.717) is 30.4 Å². The van der Waals surface area contributed by atoms with Gasteiger partial charge in [0.15, 0.2) is 0 Å². The molecule has 0 N–H and O–H groups in total. The van der Waals surface area contributed by atoms with Crippen LogP contribution in [0.1, 0.15) is 17.0 Å². The Balaban J connectivity index is 1.80. The molecular formula is C16H19ClN2O3. The highest BCUT2D eigenvalue weighted by Gasteiger charge is 2.16. The third-order valence-corrected chi connectivity index (χ3v) is 3.70. The fraction of sp³-hybridized carbons (Fsp3) is 0.375. The van der Waals surface area contributed by atoms with Crippen LogP contribution < -0.4 is 4.74 Å². The van der Waals surface area contributed by atoms with Gasteiger partial charge in [0.1, 0.15) is 18.1 Å². The number of nitrogens with zero attached hydrogens (tertiary/aromatic N) is 2. The lowest BCUT2D eigenvalue weighted by Crippen LogP contribution is -2.32. The Labute approximate surface area is 134 Å². The summed E-state index contributed by atoms with van der Waals surface area (Å²) in [5.41, 5.74) is 1.62. The summed E-state index contributed by atoms with van der Waals surface area (Å²) < 4.78 is 10.6. The predicted octanol–water partition coefficient (Wildman–Crippen LogP) is 3.02. The second-order valence-corrected chi connectivity index (χ2v) is 5.53. The molecule has 0 radical (unpaired) electrons. The van der Waals surface area contributed by atoms with E-state index >= 15 is 0 Å². The maximum absolute atomic E-state index is 12.2. The van der Waals surface area contributed by atoms with Gasteiger partial charge in [-0.05, 0) is 38.1 Å². The molecule has 22 heavy (non-hydrogen) atoms. The van der Waals surface area contributed by atoms with Gasteiger partial charge >= 0.3 is 0 Å². The van der Waals surface area contributed by atoms with Gasteiger partial charge in [0.05, 0.1) is 18.7 Å². The number of carbonyl (C=O) groups excluding carboxylic acids is 1. The topological polar surface area (TPSA) is 55.6 Å². The first-order valence-corrected chi connectivity index (χ1v) is 7.39. The summed E-state index contributed by atoms with van der Waals surface area (Å²) in [4.78, 5) is 13.8. The second kappa shape index (κ2) is 7.31. The number of hydrogen-bond acceptors (Lipinski definition) is 4. The molecule has 1 amide bonds. The predicted molar refractivity (Wildman–Crippen MR) is 84.3 cm³/mol. The molecule has 0 atom stereocenters. The van der Waals surface area contributed by atoms with E-state index in [1.54, 1.807) is 36.2 Å². The van der Waals surface area contributed by atoms with Gasteiger partial charge in [-0.25, -0.2) is 0 Å². The van der Waals surface area contributed by atoms with Gasteiger partial charge in [-0.2, -0.15) is 0 Å². The molecule has 0 unspecified atom stereocenters. The van der Waals surface area contributed by atoms with Gasteiger partial charge in [-0.1, -0.05) is 16.8 Å². The van der Waals surface area contributed by atoms with E-state index < -0.39 is 0 Å². The highest BCUT2D eigenvalue weighted by molar-refractivity contribution is 6.30. The molecule has 1 heterocycles. The van der Waals surface area contributed by atoms with Crippen LogP contribution in [0.5, 0.6) is 5.75 Å². The number of carbonyl (C=O) groups is 1. The molecular weight excluding hydrogens is 304 g/mol. The summed E-state index contributed by atoms with van der Waals surface area (Å²) in [6.07, 6.45) is 0.290. The van der Waals surface area contributed by atoms with Crippen LogP contribution >= 0.6 is 11.6 Å². The number of rotatable bonds is 6. The number of amides is 1. The van der Waals surface area contributed by atoms with Crippen molar-refractivity contribution in [1.29, 1.82) is 0 Å². The smallest absolute Gasteiger partial charge is 0.227 e. The highest BCUT2D eigenvalue weighted by Crippen LogP contribution is 2.16. The Bertz CT molecular complexity index is 618. The van der Waals surface area contributed by atoms with E-state index in [0.717, 1.165) is 17.0 Å². The van der Waals surface area contributed by atoms with Gasteiger partial charge in [-0.15, -0.1) is 0 Å². The number of aryl methyl sites for hydroxylation is 2. The van der Waals surface area contributed by atoms with Crippen LogP contribution in [-0.2, 0) is 11.2 Å². The Morgan fingerprint density at radius 1 is 1.32 bits per heavy atom. The molecule has 1 aromatic heterocycles. The quantitative estimate of drug-likeness (QED) is 0.820. The Kier molecular flexibility index (Phi) is 5.44.